The maximum atomic E-state index is 11.2. The second-order valence-electron chi connectivity index (χ2n) is 3.32. The molecule has 0 radical (unpaired) electrons. The largest absolute Gasteiger partial charge is 0.493 e. The van der Waals surface area contributed by atoms with Gasteiger partial charge in [0.2, 0.25) is 5.88 Å². The summed E-state index contributed by atoms with van der Waals surface area (Å²) < 4.78 is 0. The first-order chi connectivity index (χ1) is 6.50. The molecule has 0 saturated carbocycles. The maximum Gasteiger partial charge on any atom is 0.257 e. The quantitative estimate of drug-likeness (QED) is 0.798. The molecule has 0 fully saturated rings. The lowest BCUT2D eigenvalue weighted by molar-refractivity contribution is 0.444. The smallest absolute Gasteiger partial charge is 0.257 e. The van der Waals surface area contributed by atoms with Crippen molar-refractivity contribution < 1.29 is 5.11 Å². The van der Waals surface area contributed by atoms with Crippen molar-refractivity contribution in [3.8, 4) is 5.88 Å². The zero-order valence-electron chi connectivity index (χ0n) is 8.50. The van der Waals surface area contributed by atoms with E-state index in [1.165, 1.54) is 0 Å². The summed E-state index contributed by atoms with van der Waals surface area (Å²) in [7, 11) is 0. The van der Waals surface area contributed by atoms with Crippen LogP contribution < -0.4 is 5.56 Å². The molecule has 0 aliphatic carbocycles. The van der Waals surface area contributed by atoms with E-state index in [4.69, 9.17) is 0 Å². The molecule has 78 valence electrons. The molecule has 0 aliphatic heterocycles. The van der Waals surface area contributed by atoms with E-state index in [1.54, 1.807) is 18.7 Å². The van der Waals surface area contributed by atoms with Crippen LogP contribution in [0, 0.1) is 6.92 Å². The number of aromatic hydroxyl groups is 1. The van der Waals surface area contributed by atoms with Crippen molar-refractivity contribution in [3.05, 3.63) is 21.7 Å². The first-order valence-corrected chi connectivity index (χ1v) is 5.46. The van der Waals surface area contributed by atoms with Gasteiger partial charge in [-0.05, 0) is 12.2 Å². The molecule has 0 saturated heterocycles. The second kappa shape index (κ2) is 4.50. The summed E-state index contributed by atoms with van der Waals surface area (Å²) in [6.07, 6.45) is 0. The number of nitrogens with one attached hydrogen (secondary N) is 1. The summed E-state index contributed by atoms with van der Waals surface area (Å²) in [4.78, 5) is 17.7. The van der Waals surface area contributed by atoms with E-state index in [9.17, 15) is 9.90 Å². The van der Waals surface area contributed by atoms with Crippen LogP contribution in [0.3, 0.4) is 0 Å². The third-order valence-electron chi connectivity index (χ3n) is 1.73. The molecule has 2 N–H and O–H groups in total. The van der Waals surface area contributed by atoms with Gasteiger partial charge in [-0.2, -0.15) is 16.7 Å². The zero-order chi connectivity index (χ0) is 10.7. The molecule has 1 aromatic rings. The Bertz CT molecular complexity index is 374. The highest BCUT2D eigenvalue weighted by atomic mass is 32.2. The fourth-order valence-corrected chi connectivity index (χ4v) is 1.51. The average Bonchev–Trinajstić information content (AvgIpc) is 2.10. The summed E-state index contributed by atoms with van der Waals surface area (Å²) in [6, 6.07) is 0. The standard InChI is InChI=1S/C9H14N2O2S/c1-5(2)14-4-7-10-8(12)6(3)9(13)11-7/h5H,4H2,1-3H3,(H2,10,11,12,13). The summed E-state index contributed by atoms with van der Waals surface area (Å²) >= 11 is 1.66. The minimum atomic E-state index is -0.267. The molecular formula is C9H14N2O2S. The minimum absolute atomic E-state index is 0.173. The number of aromatic nitrogens is 2. The Morgan fingerprint density at radius 3 is 2.71 bits per heavy atom. The summed E-state index contributed by atoms with van der Waals surface area (Å²) in [5, 5.41) is 9.78. The number of hydrogen-bond acceptors (Lipinski definition) is 4. The van der Waals surface area contributed by atoms with Crippen LogP contribution in [-0.2, 0) is 5.75 Å². The molecule has 0 spiro atoms. The van der Waals surface area contributed by atoms with Gasteiger partial charge < -0.3 is 10.1 Å². The average molecular weight is 214 g/mol. The van der Waals surface area contributed by atoms with E-state index in [0.29, 0.717) is 16.8 Å². The normalized spacial score (nSPS) is 10.9. The Morgan fingerprint density at radius 2 is 2.21 bits per heavy atom. The number of aromatic amines is 1. The minimum Gasteiger partial charge on any atom is -0.493 e. The first-order valence-electron chi connectivity index (χ1n) is 4.41. The molecule has 0 aliphatic rings. The predicted octanol–water partition coefficient (Wildman–Crippen LogP) is 1.43. The number of thioether (sulfide) groups is 1. The van der Waals surface area contributed by atoms with Crippen LogP contribution in [0.4, 0.5) is 0 Å². The second-order valence-corrected chi connectivity index (χ2v) is 4.89. The van der Waals surface area contributed by atoms with Crippen molar-refractivity contribution in [1.29, 1.82) is 0 Å². The highest BCUT2D eigenvalue weighted by Gasteiger charge is 2.06. The molecule has 0 aromatic carbocycles. The van der Waals surface area contributed by atoms with Crippen molar-refractivity contribution in [2.24, 2.45) is 0 Å². The Labute approximate surface area is 86.8 Å². The van der Waals surface area contributed by atoms with Gasteiger partial charge >= 0.3 is 0 Å². The molecule has 0 atom stereocenters. The van der Waals surface area contributed by atoms with Crippen molar-refractivity contribution >= 4 is 11.8 Å². The molecule has 1 aromatic heterocycles. The van der Waals surface area contributed by atoms with Crippen LogP contribution in [0.15, 0.2) is 4.79 Å². The van der Waals surface area contributed by atoms with Crippen LogP contribution in [0.1, 0.15) is 25.2 Å². The molecule has 14 heavy (non-hydrogen) atoms. The summed E-state index contributed by atoms with van der Waals surface area (Å²) in [5.41, 5.74) is 0.000142. The van der Waals surface area contributed by atoms with Crippen molar-refractivity contribution in [3.63, 3.8) is 0 Å². The van der Waals surface area contributed by atoms with Gasteiger partial charge in [-0.15, -0.1) is 0 Å². The Kier molecular flexibility index (Phi) is 3.57. The van der Waals surface area contributed by atoms with Gasteiger partial charge in [0, 0.05) is 0 Å². The molecular weight excluding hydrogens is 200 g/mol. The summed E-state index contributed by atoms with van der Waals surface area (Å²) in [5.74, 6) is 0.964. The van der Waals surface area contributed by atoms with Crippen LogP contribution >= 0.6 is 11.8 Å². The van der Waals surface area contributed by atoms with E-state index in [-0.39, 0.29) is 17.0 Å². The number of hydrogen-bond donors (Lipinski definition) is 2. The molecule has 1 rings (SSSR count). The van der Waals surface area contributed by atoms with Gasteiger partial charge in [0.15, 0.2) is 0 Å². The predicted molar refractivity (Wildman–Crippen MR) is 57.7 cm³/mol. The molecule has 0 amide bonds. The number of H-pyrrole nitrogens is 1. The highest BCUT2D eigenvalue weighted by molar-refractivity contribution is 7.99. The lowest BCUT2D eigenvalue weighted by Crippen LogP contribution is -2.13. The van der Waals surface area contributed by atoms with Crippen molar-refractivity contribution in [2.45, 2.75) is 31.8 Å². The molecule has 5 heteroatoms. The Hall–Kier alpha value is -0.970. The Morgan fingerprint density at radius 1 is 1.57 bits per heavy atom. The SMILES string of the molecule is Cc1c(O)nc(CSC(C)C)[nH]c1=O. The van der Waals surface area contributed by atoms with Gasteiger partial charge in [0.25, 0.3) is 5.56 Å². The van der Waals surface area contributed by atoms with E-state index < -0.39 is 0 Å². The third kappa shape index (κ3) is 2.77. The van der Waals surface area contributed by atoms with Gasteiger partial charge in [-0.3, -0.25) is 4.79 Å². The molecule has 4 nitrogen and oxygen atoms in total. The molecule has 1 heterocycles. The third-order valence-corrected chi connectivity index (χ3v) is 2.83. The lowest BCUT2D eigenvalue weighted by atomic mass is 10.3. The number of nitrogens with zero attached hydrogens (tertiary/aromatic N) is 1. The number of rotatable bonds is 3. The fraction of sp³-hybridized carbons (Fsp3) is 0.556. The van der Waals surface area contributed by atoms with Crippen molar-refractivity contribution in [1.82, 2.24) is 9.97 Å². The Balaban J connectivity index is 2.85. The fourth-order valence-electron chi connectivity index (χ4n) is 0.880. The van der Waals surface area contributed by atoms with Gasteiger partial charge in [-0.25, -0.2) is 0 Å². The lowest BCUT2D eigenvalue weighted by Gasteiger charge is -2.05. The van der Waals surface area contributed by atoms with E-state index in [1.807, 2.05) is 0 Å². The first kappa shape index (κ1) is 11.1. The van der Waals surface area contributed by atoms with Crippen LogP contribution in [0.5, 0.6) is 5.88 Å². The van der Waals surface area contributed by atoms with Gasteiger partial charge in [0.1, 0.15) is 5.82 Å². The summed E-state index contributed by atoms with van der Waals surface area (Å²) in [6.45, 7) is 5.67. The van der Waals surface area contributed by atoms with E-state index >= 15 is 0 Å². The molecule has 0 bridgehead atoms. The van der Waals surface area contributed by atoms with Gasteiger partial charge in [-0.1, -0.05) is 13.8 Å². The van der Waals surface area contributed by atoms with Crippen LogP contribution in [-0.4, -0.2) is 20.3 Å². The van der Waals surface area contributed by atoms with Crippen LogP contribution in [0.25, 0.3) is 0 Å². The maximum absolute atomic E-state index is 11.2. The van der Waals surface area contributed by atoms with Crippen LogP contribution in [0.2, 0.25) is 0 Å². The topological polar surface area (TPSA) is 66.0 Å². The van der Waals surface area contributed by atoms with Crippen molar-refractivity contribution in [2.75, 3.05) is 0 Å². The molecule has 0 unspecified atom stereocenters. The van der Waals surface area contributed by atoms with E-state index in [2.05, 4.69) is 23.8 Å². The van der Waals surface area contributed by atoms with Gasteiger partial charge in [0.05, 0.1) is 11.3 Å². The highest BCUT2D eigenvalue weighted by Crippen LogP contribution is 2.15. The zero-order valence-corrected chi connectivity index (χ0v) is 9.31. The monoisotopic (exact) mass is 214 g/mol. The van der Waals surface area contributed by atoms with E-state index in [0.717, 1.165) is 0 Å².